The van der Waals surface area contributed by atoms with E-state index in [1.54, 1.807) is 0 Å². The highest BCUT2D eigenvalue weighted by molar-refractivity contribution is 7.00. The van der Waals surface area contributed by atoms with Crippen LogP contribution >= 0.6 is 0 Å². The second-order valence-corrected chi connectivity index (χ2v) is 13.6. The Labute approximate surface area is 299 Å². The van der Waals surface area contributed by atoms with Crippen LogP contribution in [-0.4, -0.2) is 25.2 Å². The summed E-state index contributed by atoms with van der Waals surface area (Å²) < 4.78 is 14.0. The molecule has 0 amide bonds. The van der Waals surface area contributed by atoms with Gasteiger partial charge < -0.3 is 4.74 Å². The first-order chi connectivity index (χ1) is 25.8. The summed E-state index contributed by atoms with van der Waals surface area (Å²) in [5, 5.41) is 1.23. The van der Waals surface area contributed by atoms with Crippen LogP contribution in [0, 0.1) is 0 Å². The van der Waals surface area contributed by atoms with Gasteiger partial charge in [0.15, 0.2) is 0 Å². The normalized spacial score (nSPS) is 13.1. The van der Waals surface area contributed by atoms with Crippen LogP contribution in [0.5, 0.6) is 11.5 Å². The molecule has 0 aliphatic carbocycles. The van der Waals surface area contributed by atoms with Crippen LogP contribution in [0.15, 0.2) is 170 Å². The summed E-state index contributed by atoms with van der Waals surface area (Å²) in [6, 6.07) is 60.4. The van der Waals surface area contributed by atoms with Gasteiger partial charge in [0.1, 0.15) is 17.3 Å². The second-order valence-electron chi connectivity index (χ2n) is 13.6. The summed E-state index contributed by atoms with van der Waals surface area (Å²) in [6.07, 6.45) is 0. The van der Waals surface area contributed by atoms with Crippen LogP contribution < -0.4 is 26.0 Å². The van der Waals surface area contributed by atoms with Crippen molar-refractivity contribution in [2.75, 3.05) is 4.90 Å². The Morgan fingerprint density at radius 2 is 1.13 bits per heavy atom. The van der Waals surface area contributed by atoms with Crippen molar-refractivity contribution in [1.82, 2.24) is 18.5 Å². The van der Waals surface area contributed by atoms with Gasteiger partial charge in [-0.25, -0.2) is 4.98 Å². The molecular formula is C45H28BN5O. The minimum atomic E-state index is -0.0516. The van der Waals surface area contributed by atoms with Gasteiger partial charge in [-0.15, -0.1) is 0 Å². The molecule has 3 aromatic heterocycles. The Morgan fingerprint density at radius 1 is 0.481 bits per heavy atom. The fourth-order valence-corrected chi connectivity index (χ4v) is 8.83. The van der Waals surface area contributed by atoms with Crippen molar-refractivity contribution in [2.24, 2.45) is 0 Å². The van der Waals surface area contributed by atoms with E-state index in [1.165, 1.54) is 21.8 Å². The third kappa shape index (κ3) is 3.61. The Balaban J connectivity index is 1.25. The molecule has 0 N–H and O–H groups in total. The fourth-order valence-electron chi connectivity index (χ4n) is 8.83. The van der Waals surface area contributed by atoms with Crippen molar-refractivity contribution in [1.29, 1.82) is 0 Å². The van der Waals surface area contributed by atoms with E-state index in [1.807, 2.05) is 0 Å². The van der Waals surface area contributed by atoms with Crippen LogP contribution in [0.1, 0.15) is 0 Å². The fraction of sp³-hybridized carbons (Fsp3) is 0. The Morgan fingerprint density at radius 3 is 1.96 bits per heavy atom. The maximum absolute atomic E-state index is 6.97. The lowest BCUT2D eigenvalue weighted by Gasteiger charge is -2.39. The van der Waals surface area contributed by atoms with E-state index in [0.717, 1.165) is 73.4 Å². The molecule has 12 rings (SSSR count). The lowest BCUT2D eigenvalue weighted by molar-refractivity contribution is 0.487. The molecule has 0 radical (unpaired) electrons. The number of ether oxygens (including phenoxy) is 1. The quantitative estimate of drug-likeness (QED) is 0.177. The number of aromatic nitrogens is 4. The third-order valence-corrected chi connectivity index (χ3v) is 10.9. The van der Waals surface area contributed by atoms with Crippen molar-refractivity contribution >= 4 is 79.0 Å². The molecule has 0 bridgehead atoms. The zero-order chi connectivity index (χ0) is 33.9. The lowest BCUT2D eigenvalue weighted by Crippen LogP contribution is -2.59. The highest BCUT2D eigenvalue weighted by atomic mass is 16.5. The summed E-state index contributed by atoms with van der Waals surface area (Å²) in [7, 11) is 0. The first-order valence-corrected chi connectivity index (χ1v) is 17.7. The molecule has 242 valence electrons. The van der Waals surface area contributed by atoms with Gasteiger partial charge in [-0.3, -0.25) is 18.4 Å². The van der Waals surface area contributed by atoms with Crippen LogP contribution in [0.25, 0.3) is 50.1 Å². The van der Waals surface area contributed by atoms with E-state index in [4.69, 9.17) is 9.72 Å². The number of para-hydroxylation sites is 8. The van der Waals surface area contributed by atoms with Gasteiger partial charge in [0.2, 0.25) is 5.78 Å². The summed E-state index contributed by atoms with van der Waals surface area (Å²) in [6.45, 7) is -0.0516. The molecule has 0 saturated heterocycles. The van der Waals surface area contributed by atoms with Crippen molar-refractivity contribution in [2.45, 2.75) is 0 Å². The summed E-state index contributed by atoms with van der Waals surface area (Å²) in [5.74, 6) is 3.73. The molecule has 0 unspecified atom stereocenters. The van der Waals surface area contributed by atoms with Crippen molar-refractivity contribution in [3.63, 3.8) is 0 Å². The summed E-state index contributed by atoms with van der Waals surface area (Å²) >= 11 is 0. The van der Waals surface area contributed by atoms with Gasteiger partial charge >= 0.3 is 0 Å². The van der Waals surface area contributed by atoms with Crippen molar-refractivity contribution in [3.05, 3.63) is 170 Å². The Hall–Kier alpha value is -6.99. The van der Waals surface area contributed by atoms with E-state index in [9.17, 15) is 0 Å². The van der Waals surface area contributed by atoms with E-state index in [-0.39, 0.29) is 6.71 Å². The minimum absolute atomic E-state index is 0.0516. The first-order valence-electron chi connectivity index (χ1n) is 17.7. The van der Waals surface area contributed by atoms with Gasteiger partial charge in [-0.2, -0.15) is 0 Å². The first kappa shape index (κ1) is 27.8. The number of anilines is 3. The zero-order valence-corrected chi connectivity index (χ0v) is 27.9. The van der Waals surface area contributed by atoms with Crippen LogP contribution in [0.2, 0.25) is 0 Å². The topological polar surface area (TPSA) is 39.6 Å². The largest absolute Gasteiger partial charge is 0.458 e. The third-order valence-electron chi connectivity index (χ3n) is 10.9. The van der Waals surface area contributed by atoms with Gasteiger partial charge in [-0.05, 0) is 88.5 Å². The number of rotatable bonds is 3. The molecule has 52 heavy (non-hydrogen) atoms. The van der Waals surface area contributed by atoms with Crippen LogP contribution in [0.4, 0.5) is 17.2 Å². The lowest BCUT2D eigenvalue weighted by atomic mass is 9.34. The second kappa shape index (κ2) is 10.3. The standard InChI is InChI=1S/C45H28BN5O/c1-3-15-29(16-4-1)48-35-22-10-7-19-32(35)42-44(48)49(30-17-5-2-6-18-30)39-27-31(28-41-43(39)46(42)33-20-8-14-26-40(33)52-41)50-37-24-12-13-25-38(37)51-36-23-11-9-21-34(36)47-45(50)51/h1-28H. The average molecular weight is 666 g/mol. The highest BCUT2D eigenvalue weighted by Crippen LogP contribution is 2.45. The molecule has 0 fully saturated rings. The van der Waals surface area contributed by atoms with E-state index < -0.39 is 0 Å². The van der Waals surface area contributed by atoms with Crippen LogP contribution in [-0.2, 0) is 0 Å². The maximum Gasteiger partial charge on any atom is 0.259 e. The predicted molar refractivity (Wildman–Crippen MR) is 212 cm³/mol. The molecule has 0 spiro atoms. The van der Waals surface area contributed by atoms with E-state index in [2.05, 4.69) is 188 Å². The smallest absolute Gasteiger partial charge is 0.259 e. The highest BCUT2D eigenvalue weighted by Gasteiger charge is 2.45. The SMILES string of the molecule is c1ccc(N2c3cc(-n4c5ccccc5n5c6ccccc6nc45)cc4c3B(c3ccccc3O4)c3c2n(-c2ccccc2)c2ccccc32)cc1. The van der Waals surface area contributed by atoms with Crippen molar-refractivity contribution in [3.8, 4) is 22.9 Å². The summed E-state index contributed by atoms with van der Waals surface area (Å²) in [4.78, 5) is 7.67. The van der Waals surface area contributed by atoms with Crippen LogP contribution in [0.3, 0.4) is 0 Å². The number of hydrogen-bond acceptors (Lipinski definition) is 3. The number of imidazole rings is 2. The molecule has 7 aromatic carbocycles. The minimum Gasteiger partial charge on any atom is -0.458 e. The van der Waals surface area contributed by atoms with E-state index >= 15 is 0 Å². The predicted octanol–water partition coefficient (Wildman–Crippen LogP) is 8.78. The number of nitrogens with zero attached hydrogens (tertiary/aromatic N) is 5. The molecular weight excluding hydrogens is 637 g/mol. The summed E-state index contributed by atoms with van der Waals surface area (Å²) in [5.41, 5.74) is 13.3. The monoisotopic (exact) mass is 665 g/mol. The average Bonchev–Trinajstić information content (AvgIpc) is 3.85. The maximum atomic E-state index is 6.97. The number of benzene rings is 7. The molecule has 0 atom stereocenters. The molecule has 7 heteroatoms. The molecule has 0 saturated carbocycles. The van der Waals surface area contributed by atoms with E-state index in [0.29, 0.717) is 0 Å². The zero-order valence-electron chi connectivity index (χ0n) is 27.9. The number of fused-ring (bicyclic) bond motifs is 11. The molecule has 2 aliphatic rings. The molecule has 6 nitrogen and oxygen atoms in total. The van der Waals surface area contributed by atoms with Gasteiger partial charge in [-0.1, -0.05) is 97.1 Å². The van der Waals surface area contributed by atoms with Gasteiger partial charge in [0, 0.05) is 23.1 Å². The Kier molecular flexibility index (Phi) is 5.49. The van der Waals surface area contributed by atoms with Gasteiger partial charge in [0.25, 0.3) is 6.71 Å². The molecule has 5 heterocycles. The Bertz CT molecular complexity index is 3070. The number of hydrogen-bond donors (Lipinski definition) is 0. The molecule has 10 aromatic rings. The van der Waals surface area contributed by atoms with Gasteiger partial charge in [0.05, 0.1) is 33.3 Å². The van der Waals surface area contributed by atoms with Crippen molar-refractivity contribution < 1.29 is 4.74 Å². The molecule has 2 aliphatic heterocycles.